The Morgan fingerprint density at radius 3 is 2.42 bits per heavy atom. The number of hydrogen-bond donors (Lipinski definition) is 1. The number of rotatable bonds is 0. The first-order valence-electron chi connectivity index (χ1n) is 4.48. The molecule has 2 nitrogen and oxygen atoms in total. The van der Waals surface area contributed by atoms with Gasteiger partial charge in [-0.1, -0.05) is 0 Å². The van der Waals surface area contributed by atoms with Crippen LogP contribution in [0.4, 0.5) is 4.39 Å². The van der Waals surface area contributed by atoms with E-state index in [-0.39, 0.29) is 5.54 Å². The Hall–Kier alpha value is -0.150. The van der Waals surface area contributed by atoms with Crippen molar-refractivity contribution in [2.45, 2.75) is 45.0 Å². The molecule has 2 atom stereocenters. The summed E-state index contributed by atoms with van der Waals surface area (Å²) in [6.07, 6.45) is -1.26. The number of hydrogen-bond acceptors (Lipinski definition) is 2. The highest BCUT2D eigenvalue weighted by Crippen LogP contribution is 2.21. The van der Waals surface area contributed by atoms with Crippen LogP contribution in [-0.2, 0) is 0 Å². The number of likely N-dealkylation sites (tertiary alicyclic amines) is 1. The zero-order valence-electron chi connectivity index (χ0n) is 8.05. The van der Waals surface area contributed by atoms with Crippen LogP contribution in [0.1, 0.15) is 27.2 Å². The normalized spacial score (nSPS) is 33.8. The minimum atomic E-state index is -1.07. The first kappa shape index (κ1) is 9.93. The summed E-state index contributed by atoms with van der Waals surface area (Å²) < 4.78 is 13.1. The molecule has 0 aromatic carbocycles. The largest absolute Gasteiger partial charge is 0.390 e. The molecular weight excluding hydrogens is 157 g/mol. The van der Waals surface area contributed by atoms with Gasteiger partial charge >= 0.3 is 0 Å². The molecular formula is C9H18FNO. The Balaban J connectivity index is 2.51. The first-order valence-corrected chi connectivity index (χ1v) is 4.48. The zero-order chi connectivity index (χ0) is 9.35. The van der Waals surface area contributed by atoms with Crippen LogP contribution in [0.2, 0.25) is 0 Å². The highest BCUT2D eigenvalue weighted by atomic mass is 19.1. The maximum absolute atomic E-state index is 13.1. The molecule has 0 unspecified atom stereocenters. The maximum Gasteiger partial charge on any atom is 0.139 e. The van der Waals surface area contributed by atoms with E-state index in [4.69, 9.17) is 5.11 Å². The van der Waals surface area contributed by atoms with E-state index < -0.39 is 12.3 Å². The van der Waals surface area contributed by atoms with Crippen molar-refractivity contribution in [3.8, 4) is 0 Å². The number of aliphatic hydroxyl groups excluding tert-OH is 1. The van der Waals surface area contributed by atoms with Crippen LogP contribution in [0, 0.1) is 0 Å². The summed E-state index contributed by atoms with van der Waals surface area (Å²) in [6.45, 7) is 7.36. The molecule has 0 aromatic rings. The molecule has 1 rings (SSSR count). The van der Waals surface area contributed by atoms with E-state index in [0.717, 1.165) is 6.54 Å². The third-order valence-corrected chi connectivity index (χ3v) is 2.46. The molecule has 3 heteroatoms. The second-order valence-electron chi connectivity index (χ2n) is 4.49. The zero-order valence-corrected chi connectivity index (χ0v) is 8.05. The second kappa shape index (κ2) is 3.30. The van der Waals surface area contributed by atoms with Gasteiger partial charge in [-0.15, -0.1) is 0 Å². The van der Waals surface area contributed by atoms with Crippen LogP contribution >= 0.6 is 0 Å². The number of alkyl halides is 1. The second-order valence-corrected chi connectivity index (χ2v) is 4.49. The van der Waals surface area contributed by atoms with E-state index in [0.29, 0.717) is 13.0 Å². The predicted octanol–water partition coefficient (Wildman–Crippen LogP) is 1.19. The molecule has 0 amide bonds. The van der Waals surface area contributed by atoms with Gasteiger partial charge in [0.25, 0.3) is 0 Å². The third-order valence-electron chi connectivity index (χ3n) is 2.46. The Kier molecular flexibility index (Phi) is 2.74. The van der Waals surface area contributed by atoms with Gasteiger partial charge in [0, 0.05) is 18.6 Å². The van der Waals surface area contributed by atoms with Crippen LogP contribution < -0.4 is 0 Å². The lowest BCUT2D eigenvalue weighted by atomic mass is 9.98. The summed E-state index contributed by atoms with van der Waals surface area (Å²) in [4.78, 5) is 2.07. The first-order chi connectivity index (χ1) is 5.41. The molecule has 1 aliphatic heterocycles. The van der Waals surface area contributed by atoms with Gasteiger partial charge in [0.05, 0.1) is 6.10 Å². The molecule has 72 valence electrons. The summed E-state index contributed by atoms with van der Waals surface area (Å²) in [5, 5.41) is 9.16. The van der Waals surface area contributed by atoms with Crippen LogP contribution in [0.25, 0.3) is 0 Å². The van der Waals surface area contributed by atoms with Crippen LogP contribution in [0.15, 0.2) is 0 Å². The van der Waals surface area contributed by atoms with E-state index in [9.17, 15) is 4.39 Å². The van der Waals surface area contributed by atoms with Crippen molar-refractivity contribution in [2.24, 2.45) is 0 Å². The number of piperidine rings is 1. The lowest BCUT2D eigenvalue weighted by Gasteiger charge is -2.41. The average molecular weight is 175 g/mol. The van der Waals surface area contributed by atoms with Gasteiger partial charge in [0.1, 0.15) is 6.17 Å². The van der Waals surface area contributed by atoms with Crippen molar-refractivity contribution in [3.05, 3.63) is 0 Å². The Bertz CT molecular complexity index is 155. The summed E-state index contributed by atoms with van der Waals surface area (Å²) in [5.74, 6) is 0. The molecule has 1 N–H and O–H groups in total. The fraction of sp³-hybridized carbons (Fsp3) is 1.00. The summed E-state index contributed by atoms with van der Waals surface area (Å²) in [6, 6.07) is 0. The summed E-state index contributed by atoms with van der Waals surface area (Å²) in [7, 11) is 0. The molecule has 0 aliphatic carbocycles. The van der Waals surface area contributed by atoms with E-state index in [2.05, 4.69) is 25.7 Å². The highest BCUT2D eigenvalue weighted by molar-refractivity contribution is 4.86. The summed E-state index contributed by atoms with van der Waals surface area (Å²) >= 11 is 0. The molecule has 12 heavy (non-hydrogen) atoms. The molecule has 1 aliphatic rings. The Morgan fingerprint density at radius 2 is 2.00 bits per heavy atom. The van der Waals surface area contributed by atoms with Crippen LogP contribution in [0.5, 0.6) is 0 Å². The van der Waals surface area contributed by atoms with E-state index >= 15 is 0 Å². The van der Waals surface area contributed by atoms with Crippen molar-refractivity contribution in [3.63, 3.8) is 0 Å². The predicted molar refractivity (Wildman–Crippen MR) is 46.8 cm³/mol. The number of aliphatic hydroxyl groups is 1. The van der Waals surface area contributed by atoms with Crippen molar-refractivity contribution in [1.29, 1.82) is 0 Å². The molecule has 0 radical (unpaired) electrons. The Labute approximate surface area is 73.4 Å². The highest BCUT2D eigenvalue weighted by Gasteiger charge is 2.32. The lowest BCUT2D eigenvalue weighted by molar-refractivity contribution is -0.0232. The molecule has 0 saturated carbocycles. The maximum atomic E-state index is 13.1. The van der Waals surface area contributed by atoms with Gasteiger partial charge in [-0.3, -0.25) is 4.90 Å². The van der Waals surface area contributed by atoms with Crippen LogP contribution in [0.3, 0.4) is 0 Å². The topological polar surface area (TPSA) is 23.5 Å². The molecule has 0 spiro atoms. The number of nitrogens with zero attached hydrogens (tertiary/aromatic N) is 1. The minimum absolute atomic E-state index is 0.0183. The average Bonchev–Trinajstić information content (AvgIpc) is 1.92. The van der Waals surface area contributed by atoms with Gasteiger partial charge in [-0.25, -0.2) is 4.39 Å². The van der Waals surface area contributed by atoms with Crippen LogP contribution in [-0.4, -0.2) is 40.9 Å². The monoisotopic (exact) mass is 175 g/mol. The molecule has 0 bridgehead atoms. The third kappa shape index (κ3) is 2.17. The minimum Gasteiger partial charge on any atom is -0.390 e. The standard InChI is InChI=1S/C9H18FNO/c1-9(2,3)11-5-4-8(12)7(10)6-11/h7-8,12H,4-6H2,1-3H3/t7-,8+/m0/s1. The van der Waals surface area contributed by atoms with Crippen molar-refractivity contribution >= 4 is 0 Å². The fourth-order valence-corrected chi connectivity index (χ4v) is 1.50. The SMILES string of the molecule is CC(C)(C)N1CC[C@@H](O)[C@@H](F)C1. The Morgan fingerprint density at radius 1 is 1.42 bits per heavy atom. The van der Waals surface area contributed by atoms with E-state index in [1.165, 1.54) is 0 Å². The molecule has 1 heterocycles. The van der Waals surface area contributed by atoms with Gasteiger partial charge in [-0.05, 0) is 27.2 Å². The quantitative estimate of drug-likeness (QED) is 0.598. The van der Waals surface area contributed by atoms with E-state index in [1.807, 2.05) is 0 Å². The van der Waals surface area contributed by atoms with Crippen molar-refractivity contribution < 1.29 is 9.50 Å². The van der Waals surface area contributed by atoms with Crippen molar-refractivity contribution in [2.75, 3.05) is 13.1 Å². The fourth-order valence-electron chi connectivity index (χ4n) is 1.50. The van der Waals surface area contributed by atoms with Gasteiger partial charge in [0.15, 0.2) is 0 Å². The molecule has 1 saturated heterocycles. The summed E-state index contributed by atoms with van der Waals surface area (Å²) in [5.41, 5.74) is 0.0183. The smallest absolute Gasteiger partial charge is 0.139 e. The van der Waals surface area contributed by atoms with E-state index in [1.54, 1.807) is 0 Å². The van der Waals surface area contributed by atoms with Gasteiger partial charge < -0.3 is 5.11 Å². The van der Waals surface area contributed by atoms with Gasteiger partial charge in [0.2, 0.25) is 0 Å². The number of halogens is 1. The van der Waals surface area contributed by atoms with Crippen molar-refractivity contribution in [1.82, 2.24) is 4.90 Å². The van der Waals surface area contributed by atoms with Gasteiger partial charge in [-0.2, -0.15) is 0 Å². The molecule has 1 fully saturated rings. The lowest BCUT2D eigenvalue weighted by Crippen LogP contribution is -2.52. The molecule has 0 aromatic heterocycles.